The van der Waals surface area contributed by atoms with E-state index in [9.17, 15) is 9.18 Å². The number of halogens is 1. The Bertz CT molecular complexity index is 461. The molecular weight excluding hydrogens is 273 g/mol. The van der Waals surface area contributed by atoms with Crippen molar-refractivity contribution in [3.05, 3.63) is 35.6 Å². The summed E-state index contributed by atoms with van der Waals surface area (Å²) in [6.45, 7) is 2.88. The molecule has 0 spiro atoms. The fraction of sp³-hybridized carbons (Fsp3) is 0.562. The first kappa shape index (κ1) is 15.9. The second kappa shape index (κ2) is 8.10. The third-order valence-corrected chi connectivity index (χ3v) is 3.65. The molecule has 1 atom stereocenters. The highest BCUT2D eigenvalue weighted by molar-refractivity contribution is 5.66. The van der Waals surface area contributed by atoms with Gasteiger partial charge in [0.1, 0.15) is 5.82 Å². The quantitative estimate of drug-likeness (QED) is 0.801. The normalized spacial score (nSPS) is 18.3. The molecule has 116 valence electrons. The molecule has 1 aromatic carbocycles. The second-order valence-electron chi connectivity index (χ2n) is 5.50. The van der Waals surface area contributed by atoms with Crippen LogP contribution < -0.4 is 0 Å². The van der Waals surface area contributed by atoms with Crippen LogP contribution in [0.25, 0.3) is 0 Å². The maximum Gasteiger partial charge on any atom is 0.303 e. The van der Waals surface area contributed by atoms with Gasteiger partial charge in [0, 0.05) is 26.1 Å². The van der Waals surface area contributed by atoms with Gasteiger partial charge in [0.2, 0.25) is 0 Å². The van der Waals surface area contributed by atoms with Crippen LogP contribution in [-0.4, -0.2) is 41.8 Å². The lowest BCUT2D eigenvalue weighted by Crippen LogP contribution is -2.33. The number of hydrogen-bond donors (Lipinski definition) is 1. The van der Waals surface area contributed by atoms with Gasteiger partial charge in [0.15, 0.2) is 0 Å². The molecule has 21 heavy (non-hydrogen) atoms. The third-order valence-electron chi connectivity index (χ3n) is 3.65. The van der Waals surface area contributed by atoms with Crippen molar-refractivity contribution in [1.82, 2.24) is 4.90 Å². The van der Waals surface area contributed by atoms with Crippen molar-refractivity contribution in [2.75, 3.05) is 19.7 Å². The van der Waals surface area contributed by atoms with E-state index in [-0.39, 0.29) is 18.3 Å². The summed E-state index contributed by atoms with van der Waals surface area (Å²) < 4.78 is 18.9. The van der Waals surface area contributed by atoms with Crippen LogP contribution >= 0.6 is 0 Å². The van der Waals surface area contributed by atoms with Gasteiger partial charge >= 0.3 is 5.97 Å². The molecule has 1 N–H and O–H groups in total. The molecule has 0 saturated carbocycles. The van der Waals surface area contributed by atoms with Crippen molar-refractivity contribution in [1.29, 1.82) is 0 Å². The van der Waals surface area contributed by atoms with Gasteiger partial charge in [-0.25, -0.2) is 4.39 Å². The van der Waals surface area contributed by atoms with Gasteiger partial charge in [0.25, 0.3) is 0 Å². The molecule has 0 bridgehead atoms. The third kappa shape index (κ3) is 5.81. The summed E-state index contributed by atoms with van der Waals surface area (Å²) in [6, 6.07) is 6.55. The van der Waals surface area contributed by atoms with Crippen LogP contribution in [0, 0.1) is 5.82 Å². The van der Waals surface area contributed by atoms with E-state index in [2.05, 4.69) is 4.90 Å². The molecule has 1 saturated heterocycles. The SMILES string of the molecule is O=C(O)CCCN(Cc1cccc(F)c1)CC1CCCO1. The molecule has 1 unspecified atom stereocenters. The van der Waals surface area contributed by atoms with Gasteiger partial charge in [-0.3, -0.25) is 9.69 Å². The van der Waals surface area contributed by atoms with Gasteiger partial charge in [-0.1, -0.05) is 12.1 Å². The number of ether oxygens (including phenoxy) is 1. The predicted octanol–water partition coefficient (Wildman–Crippen LogP) is 2.67. The highest BCUT2D eigenvalue weighted by atomic mass is 19.1. The summed E-state index contributed by atoms with van der Waals surface area (Å²) in [6.07, 6.45) is 3.08. The topological polar surface area (TPSA) is 49.8 Å². The van der Waals surface area contributed by atoms with Crippen molar-refractivity contribution in [2.24, 2.45) is 0 Å². The minimum absolute atomic E-state index is 0.158. The molecule has 1 aromatic rings. The van der Waals surface area contributed by atoms with Crippen molar-refractivity contribution < 1.29 is 19.0 Å². The molecular formula is C16H22FNO3. The number of rotatable bonds is 8. The zero-order chi connectivity index (χ0) is 15.1. The molecule has 5 heteroatoms. The minimum atomic E-state index is -0.780. The van der Waals surface area contributed by atoms with Gasteiger partial charge in [0.05, 0.1) is 6.10 Å². The van der Waals surface area contributed by atoms with E-state index in [0.717, 1.165) is 31.6 Å². The first-order valence-electron chi connectivity index (χ1n) is 7.43. The van der Waals surface area contributed by atoms with E-state index >= 15 is 0 Å². The molecule has 0 radical (unpaired) electrons. The van der Waals surface area contributed by atoms with Crippen molar-refractivity contribution in [3.63, 3.8) is 0 Å². The Morgan fingerprint density at radius 2 is 2.33 bits per heavy atom. The maximum absolute atomic E-state index is 13.3. The number of aliphatic carboxylic acids is 1. The summed E-state index contributed by atoms with van der Waals surface area (Å²) in [7, 11) is 0. The molecule has 4 nitrogen and oxygen atoms in total. The summed E-state index contributed by atoms with van der Waals surface area (Å²) in [4.78, 5) is 12.8. The minimum Gasteiger partial charge on any atom is -0.481 e. The number of carbonyl (C=O) groups is 1. The summed E-state index contributed by atoms with van der Waals surface area (Å²) in [5.74, 6) is -1.02. The smallest absolute Gasteiger partial charge is 0.303 e. The lowest BCUT2D eigenvalue weighted by Gasteiger charge is -2.25. The highest BCUT2D eigenvalue weighted by Crippen LogP contribution is 2.16. The van der Waals surface area contributed by atoms with E-state index in [1.54, 1.807) is 6.07 Å². The van der Waals surface area contributed by atoms with Crippen molar-refractivity contribution in [3.8, 4) is 0 Å². The Kier molecular flexibility index (Phi) is 6.14. The first-order chi connectivity index (χ1) is 10.1. The average molecular weight is 295 g/mol. The zero-order valence-electron chi connectivity index (χ0n) is 12.1. The van der Waals surface area contributed by atoms with E-state index < -0.39 is 5.97 Å². The van der Waals surface area contributed by atoms with Gasteiger partial charge in [-0.15, -0.1) is 0 Å². The number of hydrogen-bond acceptors (Lipinski definition) is 3. The van der Waals surface area contributed by atoms with Gasteiger partial charge in [-0.05, 0) is 43.5 Å². The fourth-order valence-electron chi connectivity index (χ4n) is 2.66. The Morgan fingerprint density at radius 1 is 1.48 bits per heavy atom. The maximum atomic E-state index is 13.3. The van der Waals surface area contributed by atoms with Crippen LogP contribution in [-0.2, 0) is 16.1 Å². The monoisotopic (exact) mass is 295 g/mol. The number of nitrogens with zero attached hydrogens (tertiary/aromatic N) is 1. The Hall–Kier alpha value is -1.46. The molecule has 1 fully saturated rings. The van der Waals surface area contributed by atoms with Crippen LogP contribution in [0.3, 0.4) is 0 Å². The van der Waals surface area contributed by atoms with Crippen molar-refractivity contribution >= 4 is 5.97 Å². The Balaban J connectivity index is 1.91. The molecule has 0 amide bonds. The lowest BCUT2D eigenvalue weighted by atomic mass is 10.1. The van der Waals surface area contributed by atoms with Crippen LogP contribution in [0.5, 0.6) is 0 Å². The lowest BCUT2D eigenvalue weighted by molar-refractivity contribution is -0.137. The Morgan fingerprint density at radius 3 is 3.00 bits per heavy atom. The molecule has 1 aliphatic rings. The van der Waals surface area contributed by atoms with Gasteiger partial charge < -0.3 is 9.84 Å². The van der Waals surface area contributed by atoms with Crippen molar-refractivity contribution in [2.45, 2.75) is 38.3 Å². The van der Waals surface area contributed by atoms with E-state index in [1.807, 2.05) is 6.07 Å². The summed E-state index contributed by atoms with van der Waals surface area (Å²) in [5, 5.41) is 8.74. The summed E-state index contributed by atoms with van der Waals surface area (Å²) >= 11 is 0. The van der Waals surface area contributed by atoms with Crippen LogP contribution in [0.1, 0.15) is 31.2 Å². The number of benzene rings is 1. The predicted molar refractivity (Wildman–Crippen MR) is 77.5 cm³/mol. The second-order valence-corrected chi connectivity index (χ2v) is 5.50. The fourth-order valence-corrected chi connectivity index (χ4v) is 2.66. The van der Waals surface area contributed by atoms with Crippen LogP contribution in [0.15, 0.2) is 24.3 Å². The number of carboxylic acids is 1. The zero-order valence-corrected chi connectivity index (χ0v) is 12.1. The molecule has 1 heterocycles. The summed E-state index contributed by atoms with van der Waals surface area (Å²) in [5.41, 5.74) is 0.906. The van der Waals surface area contributed by atoms with E-state index in [0.29, 0.717) is 19.5 Å². The highest BCUT2D eigenvalue weighted by Gasteiger charge is 2.19. The standard InChI is InChI=1S/C16H22FNO3/c17-14-5-1-4-13(10-14)11-18(8-2-7-16(19)20)12-15-6-3-9-21-15/h1,4-5,10,15H,2-3,6-9,11-12H2,(H,19,20). The van der Waals surface area contributed by atoms with E-state index in [4.69, 9.17) is 9.84 Å². The number of carboxylic acid groups (broad SMARTS) is 1. The molecule has 0 aromatic heterocycles. The average Bonchev–Trinajstić information content (AvgIpc) is 2.91. The largest absolute Gasteiger partial charge is 0.481 e. The Labute approximate surface area is 124 Å². The van der Waals surface area contributed by atoms with E-state index in [1.165, 1.54) is 12.1 Å². The first-order valence-corrected chi connectivity index (χ1v) is 7.43. The molecule has 1 aliphatic heterocycles. The van der Waals surface area contributed by atoms with Crippen LogP contribution in [0.2, 0.25) is 0 Å². The molecule has 0 aliphatic carbocycles. The van der Waals surface area contributed by atoms with Crippen LogP contribution in [0.4, 0.5) is 4.39 Å². The van der Waals surface area contributed by atoms with Gasteiger partial charge in [-0.2, -0.15) is 0 Å². The molecule has 2 rings (SSSR count).